The molecule has 1 aliphatic carbocycles. The van der Waals surface area contributed by atoms with Gasteiger partial charge in [-0.25, -0.2) is 0 Å². The average molecular weight is 224 g/mol. The van der Waals surface area contributed by atoms with E-state index in [1.807, 2.05) is 0 Å². The smallest absolute Gasteiger partial charge is 0.00194 e. The van der Waals surface area contributed by atoms with Crippen LogP contribution in [0.25, 0.3) is 0 Å². The Hall–Kier alpha value is -0.0800. The Morgan fingerprint density at radius 2 is 1.62 bits per heavy atom. The molecule has 2 aliphatic rings. The zero-order chi connectivity index (χ0) is 11.8. The molecule has 0 aromatic heterocycles. The third-order valence-electron chi connectivity index (χ3n) is 4.32. The SMILES string of the molecule is CC1CNCC(C)CN(CC2CC2(C)C)C1. The van der Waals surface area contributed by atoms with Gasteiger partial charge in [0, 0.05) is 19.6 Å². The van der Waals surface area contributed by atoms with E-state index < -0.39 is 0 Å². The van der Waals surface area contributed by atoms with Crippen LogP contribution < -0.4 is 5.32 Å². The Balaban J connectivity index is 1.85. The van der Waals surface area contributed by atoms with Crippen LogP contribution in [0.5, 0.6) is 0 Å². The fourth-order valence-electron chi connectivity index (χ4n) is 3.01. The van der Waals surface area contributed by atoms with Crippen molar-refractivity contribution in [2.75, 3.05) is 32.7 Å². The van der Waals surface area contributed by atoms with Crippen LogP contribution in [0.1, 0.15) is 34.1 Å². The summed E-state index contributed by atoms with van der Waals surface area (Å²) in [5.74, 6) is 2.56. The maximum atomic E-state index is 3.57. The van der Waals surface area contributed by atoms with E-state index >= 15 is 0 Å². The number of hydrogen-bond donors (Lipinski definition) is 1. The predicted molar refractivity (Wildman–Crippen MR) is 69.5 cm³/mol. The minimum Gasteiger partial charge on any atom is -0.316 e. The van der Waals surface area contributed by atoms with E-state index in [4.69, 9.17) is 0 Å². The van der Waals surface area contributed by atoms with Gasteiger partial charge in [-0.1, -0.05) is 27.7 Å². The van der Waals surface area contributed by atoms with Crippen molar-refractivity contribution < 1.29 is 0 Å². The molecule has 0 aromatic rings. The average Bonchev–Trinajstić information content (AvgIpc) is 2.70. The molecule has 2 fully saturated rings. The lowest BCUT2D eigenvalue weighted by Gasteiger charge is -2.32. The molecule has 1 saturated heterocycles. The van der Waals surface area contributed by atoms with Crippen LogP contribution in [-0.4, -0.2) is 37.6 Å². The first kappa shape index (κ1) is 12.4. The summed E-state index contributed by atoms with van der Waals surface area (Å²) >= 11 is 0. The van der Waals surface area contributed by atoms with Gasteiger partial charge in [0.05, 0.1) is 0 Å². The maximum absolute atomic E-state index is 3.57. The second kappa shape index (κ2) is 4.66. The lowest BCUT2D eigenvalue weighted by Crippen LogP contribution is -2.43. The molecule has 3 atom stereocenters. The van der Waals surface area contributed by atoms with Crippen molar-refractivity contribution in [1.82, 2.24) is 10.2 Å². The van der Waals surface area contributed by atoms with Gasteiger partial charge in [0.25, 0.3) is 0 Å². The Labute approximate surface area is 101 Å². The zero-order valence-corrected chi connectivity index (χ0v) is 11.4. The van der Waals surface area contributed by atoms with Gasteiger partial charge >= 0.3 is 0 Å². The number of rotatable bonds is 2. The van der Waals surface area contributed by atoms with Gasteiger partial charge in [0.1, 0.15) is 0 Å². The molecule has 0 amide bonds. The summed E-state index contributed by atoms with van der Waals surface area (Å²) in [4.78, 5) is 2.72. The Bertz CT molecular complexity index is 225. The summed E-state index contributed by atoms with van der Waals surface area (Å²) in [5.41, 5.74) is 0.632. The van der Waals surface area contributed by atoms with E-state index in [0.717, 1.165) is 17.8 Å². The zero-order valence-electron chi connectivity index (χ0n) is 11.4. The van der Waals surface area contributed by atoms with E-state index in [9.17, 15) is 0 Å². The third kappa shape index (κ3) is 3.21. The summed E-state index contributed by atoms with van der Waals surface area (Å²) in [5, 5.41) is 3.57. The van der Waals surface area contributed by atoms with Crippen LogP contribution in [-0.2, 0) is 0 Å². The first-order valence-electron chi connectivity index (χ1n) is 6.90. The van der Waals surface area contributed by atoms with Crippen molar-refractivity contribution >= 4 is 0 Å². The molecule has 2 heteroatoms. The van der Waals surface area contributed by atoms with Crippen molar-refractivity contribution in [2.45, 2.75) is 34.1 Å². The molecule has 1 N–H and O–H groups in total. The topological polar surface area (TPSA) is 15.3 Å². The second-order valence-corrected chi connectivity index (χ2v) is 6.98. The quantitative estimate of drug-likeness (QED) is 0.773. The van der Waals surface area contributed by atoms with Crippen LogP contribution in [0.2, 0.25) is 0 Å². The Morgan fingerprint density at radius 3 is 2.06 bits per heavy atom. The highest BCUT2D eigenvalue weighted by molar-refractivity contribution is 4.97. The van der Waals surface area contributed by atoms with Crippen molar-refractivity contribution in [3.05, 3.63) is 0 Å². The maximum Gasteiger partial charge on any atom is 0.00194 e. The highest BCUT2D eigenvalue weighted by Crippen LogP contribution is 2.51. The van der Waals surface area contributed by atoms with E-state index in [1.165, 1.54) is 39.1 Å². The normalized spacial score (nSPS) is 40.1. The molecule has 2 rings (SSSR count). The summed E-state index contributed by atoms with van der Waals surface area (Å²) in [6.45, 7) is 15.8. The van der Waals surface area contributed by atoms with Gasteiger partial charge in [-0.3, -0.25) is 0 Å². The minimum absolute atomic E-state index is 0.632. The molecule has 1 heterocycles. The third-order valence-corrected chi connectivity index (χ3v) is 4.32. The molecule has 1 saturated carbocycles. The lowest BCUT2D eigenvalue weighted by atomic mass is 10.0. The van der Waals surface area contributed by atoms with Crippen molar-refractivity contribution in [1.29, 1.82) is 0 Å². The van der Waals surface area contributed by atoms with Crippen molar-refractivity contribution in [3.63, 3.8) is 0 Å². The van der Waals surface area contributed by atoms with E-state index in [2.05, 4.69) is 37.9 Å². The summed E-state index contributed by atoms with van der Waals surface area (Å²) < 4.78 is 0. The molecule has 2 nitrogen and oxygen atoms in total. The molecule has 16 heavy (non-hydrogen) atoms. The van der Waals surface area contributed by atoms with E-state index in [1.54, 1.807) is 0 Å². The fourth-order valence-corrected chi connectivity index (χ4v) is 3.01. The molecule has 1 aliphatic heterocycles. The summed E-state index contributed by atoms with van der Waals surface area (Å²) in [6, 6.07) is 0. The van der Waals surface area contributed by atoms with Crippen LogP contribution in [0.3, 0.4) is 0 Å². The van der Waals surface area contributed by atoms with Crippen molar-refractivity contribution in [3.8, 4) is 0 Å². The second-order valence-electron chi connectivity index (χ2n) is 6.98. The number of nitrogens with zero attached hydrogens (tertiary/aromatic N) is 1. The molecule has 0 bridgehead atoms. The molecule has 94 valence electrons. The first-order chi connectivity index (χ1) is 7.47. The van der Waals surface area contributed by atoms with Gasteiger partial charge in [-0.15, -0.1) is 0 Å². The molecular weight excluding hydrogens is 196 g/mol. The van der Waals surface area contributed by atoms with Crippen LogP contribution >= 0.6 is 0 Å². The predicted octanol–water partition coefficient (Wildman–Crippen LogP) is 2.21. The highest BCUT2D eigenvalue weighted by Gasteiger charge is 2.46. The van der Waals surface area contributed by atoms with Gasteiger partial charge in [-0.05, 0) is 42.7 Å². The first-order valence-corrected chi connectivity index (χ1v) is 6.90. The van der Waals surface area contributed by atoms with Crippen LogP contribution in [0.15, 0.2) is 0 Å². The van der Waals surface area contributed by atoms with E-state index in [-0.39, 0.29) is 0 Å². The lowest BCUT2D eigenvalue weighted by molar-refractivity contribution is 0.173. The van der Waals surface area contributed by atoms with Gasteiger partial charge in [-0.2, -0.15) is 0 Å². The standard InChI is InChI=1S/C14H28N2/c1-11-6-15-7-12(2)9-16(8-11)10-13-5-14(13,3)4/h11-13,15H,5-10H2,1-4H3. The summed E-state index contributed by atoms with van der Waals surface area (Å²) in [7, 11) is 0. The van der Waals surface area contributed by atoms with Crippen molar-refractivity contribution in [2.24, 2.45) is 23.2 Å². The van der Waals surface area contributed by atoms with Gasteiger partial charge in [0.2, 0.25) is 0 Å². The highest BCUT2D eigenvalue weighted by atomic mass is 15.1. The Kier molecular flexibility index (Phi) is 3.60. The minimum atomic E-state index is 0.632. The molecule has 3 unspecified atom stereocenters. The largest absolute Gasteiger partial charge is 0.316 e. The van der Waals surface area contributed by atoms with Crippen LogP contribution in [0, 0.1) is 23.2 Å². The molecule has 0 radical (unpaired) electrons. The molecule has 0 aromatic carbocycles. The Morgan fingerprint density at radius 1 is 1.12 bits per heavy atom. The van der Waals surface area contributed by atoms with Gasteiger partial charge < -0.3 is 10.2 Å². The fraction of sp³-hybridized carbons (Fsp3) is 1.00. The van der Waals surface area contributed by atoms with Gasteiger partial charge in [0.15, 0.2) is 0 Å². The monoisotopic (exact) mass is 224 g/mol. The summed E-state index contributed by atoms with van der Waals surface area (Å²) in [6.07, 6.45) is 1.44. The number of hydrogen-bond acceptors (Lipinski definition) is 2. The molecule has 0 spiro atoms. The van der Waals surface area contributed by atoms with Crippen LogP contribution in [0.4, 0.5) is 0 Å². The molecular formula is C14H28N2. The van der Waals surface area contributed by atoms with E-state index in [0.29, 0.717) is 5.41 Å². The number of nitrogens with one attached hydrogen (secondary N) is 1.